The van der Waals surface area contributed by atoms with Gasteiger partial charge in [0.2, 0.25) is 0 Å². The van der Waals surface area contributed by atoms with Gasteiger partial charge in [0.25, 0.3) is 5.91 Å². The Morgan fingerprint density at radius 3 is 3.10 bits per heavy atom. The number of aryl methyl sites for hydroxylation is 1. The van der Waals surface area contributed by atoms with Crippen LogP contribution >= 0.6 is 22.7 Å². The summed E-state index contributed by atoms with van der Waals surface area (Å²) in [5.41, 5.74) is 0.717. The predicted molar refractivity (Wildman–Crippen MR) is 77.4 cm³/mol. The van der Waals surface area contributed by atoms with Gasteiger partial charge in [0.1, 0.15) is 0 Å². The molecule has 0 bridgehead atoms. The van der Waals surface area contributed by atoms with Gasteiger partial charge in [-0.3, -0.25) is 4.79 Å². The molecule has 0 N–H and O–H groups in total. The van der Waals surface area contributed by atoms with Crippen molar-refractivity contribution in [2.24, 2.45) is 12.0 Å². The fourth-order valence-electron chi connectivity index (χ4n) is 1.64. The quantitative estimate of drug-likeness (QED) is 0.747. The van der Waals surface area contributed by atoms with Gasteiger partial charge in [-0.1, -0.05) is 0 Å². The van der Waals surface area contributed by atoms with Gasteiger partial charge in [-0.25, -0.2) is 4.98 Å². The van der Waals surface area contributed by atoms with E-state index in [4.69, 9.17) is 4.42 Å². The van der Waals surface area contributed by atoms with Crippen LogP contribution in [0.25, 0.3) is 10.8 Å². The number of hydrogen-bond acceptors (Lipinski definition) is 5. The molecular formula is C13H11N3O2S2. The van der Waals surface area contributed by atoms with Crippen molar-refractivity contribution in [1.29, 1.82) is 0 Å². The third-order valence-corrected chi connectivity index (χ3v) is 4.35. The summed E-state index contributed by atoms with van der Waals surface area (Å²) in [4.78, 5) is 21.0. The molecule has 20 heavy (non-hydrogen) atoms. The largest absolute Gasteiger partial charge is 0.462 e. The van der Waals surface area contributed by atoms with Gasteiger partial charge in [0.05, 0.1) is 18.4 Å². The summed E-state index contributed by atoms with van der Waals surface area (Å²) in [5, 5.41) is 4.53. The third-order valence-electron chi connectivity index (χ3n) is 2.60. The molecule has 0 saturated heterocycles. The number of rotatable bonds is 3. The van der Waals surface area contributed by atoms with Crippen LogP contribution in [0, 0.1) is 0 Å². The standard InChI is InChI=1S/C13H11N3O2S2/c1-16-4-6-19-13(16)15-11(17)7-9-8-20-12(14-9)10-3-2-5-18-10/h2-6,8H,7H2,1H3. The average Bonchev–Trinajstić information content (AvgIpc) is 3.12. The van der Waals surface area contributed by atoms with Crippen LogP contribution in [0.5, 0.6) is 0 Å². The Hall–Kier alpha value is -1.99. The summed E-state index contributed by atoms with van der Waals surface area (Å²) in [5.74, 6) is 0.523. The topological polar surface area (TPSA) is 60.4 Å². The molecule has 102 valence electrons. The van der Waals surface area contributed by atoms with E-state index in [1.165, 1.54) is 22.7 Å². The zero-order chi connectivity index (χ0) is 13.9. The van der Waals surface area contributed by atoms with Gasteiger partial charge in [-0.05, 0) is 12.1 Å². The molecule has 0 unspecified atom stereocenters. The Bertz CT molecular complexity index is 781. The van der Waals surface area contributed by atoms with Gasteiger partial charge in [0.15, 0.2) is 15.6 Å². The smallest absolute Gasteiger partial charge is 0.254 e. The third kappa shape index (κ3) is 2.78. The molecule has 3 aromatic heterocycles. The highest BCUT2D eigenvalue weighted by molar-refractivity contribution is 7.13. The number of amides is 1. The minimum Gasteiger partial charge on any atom is -0.462 e. The van der Waals surface area contributed by atoms with Crippen molar-refractivity contribution < 1.29 is 9.21 Å². The first-order chi connectivity index (χ1) is 9.72. The van der Waals surface area contributed by atoms with Crippen LogP contribution in [-0.4, -0.2) is 15.5 Å². The summed E-state index contributed by atoms with van der Waals surface area (Å²) in [6, 6.07) is 3.66. The molecule has 3 heterocycles. The SMILES string of the molecule is Cn1ccsc1=NC(=O)Cc1csc(-c2ccco2)n1. The maximum Gasteiger partial charge on any atom is 0.254 e. The number of hydrogen-bond donors (Lipinski definition) is 0. The van der Waals surface area contributed by atoms with Gasteiger partial charge >= 0.3 is 0 Å². The molecule has 7 heteroatoms. The second-order valence-electron chi connectivity index (χ2n) is 4.10. The van der Waals surface area contributed by atoms with Crippen molar-refractivity contribution in [3.63, 3.8) is 0 Å². The van der Waals surface area contributed by atoms with Gasteiger partial charge in [0, 0.05) is 24.0 Å². The molecule has 5 nitrogen and oxygen atoms in total. The molecule has 0 aromatic carbocycles. The molecule has 3 aromatic rings. The summed E-state index contributed by atoms with van der Waals surface area (Å²) in [6.45, 7) is 0. The normalized spacial score (nSPS) is 11.9. The molecule has 0 radical (unpaired) electrons. The number of furan rings is 1. The monoisotopic (exact) mass is 305 g/mol. The zero-order valence-electron chi connectivity index (χ0n) is 10.6. The number of carbonyl (C=O) groups is 1. The maximum atomic E-state index is 11.9. The van der Waals surface area contributed by atoms with E-state index in [9.17, 15) is 4.79 Å². The summed E-state index contributed by atoms with van der Waals surface area (Å²) in [6.07, 6.45) is 3.68. The van der Waals surface area contributed by atoms with Crippen molar-refractivity contribution in [2.75, 3.05) is 0 Å². The fraction of sp³-hybridized carbons (Fsp3) is 0.154. The Kier molecular flexibility index (Phi) is 3.62. The van der Waals surface area contributed by atoms with Crippen molar-refractivity contribution >= 4 is 28.6 Å². The zero-order valence-corrected chi connectivity index (χ0v) is 12.3. The number of aromatic nitrogens is 2. The van der Waals surface area contributed by atoms with E-state index in [1.807, 2.05) is 40.7 Å². The maximum absolute atomic E-state index is 11.9. The van der Waals surface area contributed by atoms with Gasteiger partial charge in [-0.2, -0.15) is 4.99 Å². The molecule has 0 aliphatic rings. The highest BCUT2D eigenvalue weighted by Crippen LogP contribution is 2.24. The lowest BCUT2D eigenvalue weighted by atomic mass is 10.3. The molecule has 1 amide bonds. The second kappa shape index (κ2) is 5.56. The van der Waals surface area contributed by atoms with Gasteiger partial charge < -0.3 is 8.98 Å². The minimum atomic E-state index is -0.195. The highest BCUT2D eigenvalue weighted by atomic mass is 32.1. The van der Waals surface area contributed by atoms with Crippen molar-refractivity contribution in [3.8, 4) is 10.8 Å². The molecule has 0 atom stereocenters. The van der Waals surface area contributed by atoms with E-state index in [2.05, 4.69) is 9.98 Å². The van der Waals surface area contributed by atoms with Crippen LogP contribution in [0.3, 0.4) is 0 Å². The molecule has 0 fully saturated rings. The summed E-state index contributed by atoms with van der Waals surface area (Å²) >= 11 is 2.89. The molecule has 3 rings (SSSR count). The van der Waals surface area contributed by atoms with Crippen molar-refractivity contribution in [3.05, 3.63) is 45.8 Å². The Morgan fingerprint density at radius 1 is 1.50 bits per heavy atom. The summed E-state index contributed by atoms with van der Waals surface area (Å²) in [7, 11) is 1.86. The van der Waals surface area contributed by atoms with Crippen LogP contribution in [0.15, 0.2) is 44.8 Å². The Morgan fingerprint density at radius 2 is 2.40 bits per heavy atom. The first-order valence-corrected chi connectivity index (χ1v) is 7.64. The number of carbonyl (C=O) groups excluding carboxylic acids is 1. The van der Waals surface area contributed by atoms with Crippen LogP contribution in [0.2, 0.25) is 0 Å². The van der Waals surface area contributed by atoms with E-state index < -0.39 is 0 Å². The van der Waals surface area contributed by atoms with Crippen molar-refractivity contribution in [1.82, 2.24) is 9.55 Å². The molecule has 0 saturated carbocycles. The number of thiazole rings is 2. The van der Waals surface area contributed by atoms with Crippen LogP contribution in [0.4, 0.5) is 0 Å². The summed E-state index contributed by atoms with van der Waals surface area (Å²) < 4.78 is 7.09. The second-order valence-corrected chi connectivity index (χ2v) is 5.83. The van der Waals surface area contributed by atoms with Gasteiger partial charge in [-0.15, -0.1) is 22.7 Å². The first-order valence-electron chi connectivity index (χ1n) is 5.88. The Labute approximate surface area is 122 Å². The molecule has 0 spiro atoms. The Balaban J connectivity index is 1.76. The van der Waals surface area contributed by atoms with Crippen molar-refractivity contribution in [2.45, 2.75) is 6.42 Å². The lowest BCUT2D eigenvalue weighted by Gasteiger charge is -1.92. The van der Waals surface area contributed by atoms with E-state index in [0.29, 0.717) is 10.5 Å². The van der Waals surface area contributed by atoms with E-state index in [0.717, 1.165) is 10.8 Å². The average molecular weight is 305 g/mol. The first kappa shape index (κ1) is 13.0. The van der Waals surface area contributed by atoms with Crippen LogP contribution in [0.1, 0.15) is 5.69 Å². The fourth-order valence-corrected chi connectivity index (χ4v) is 3.17. The van der Waals surface area contributed by atoms with E-state index >= 15 is 0 Å². The lowest BCUT2D eigenvalue weighted by Crippen LogP contribution is -2.13. The minimum absolute atomic E-state index is 0.195. The van der Waals surface area contributed by atoms with E-state index in [-0.39, 0.29) is 12.3 Å². The molecule has 0 aliphatic carbocycles. The van der Waals surface area contributed by atoms with Crippen LogP contribution in [-0.2, 0) is 18.3 Å². The number of nitrogens with zero attached hydrogens (tertiary/aromatic N) is 3. The van der Waals surface area contributed by atoms with Crippen LogP contribution < -0.4 is 4.80 Å². The lowest BCUT2D eigenvalue weighted by molar-refractivity contribution is -0.117. The molecular weight excluding hydrogens is 294 g/mol. The molecule has 0 aliphatic heterocycles. The van der Waals surface area contributed by atoms with E-state index in [1.54, 1.807) is 6.26 Å². The predicted octanol–water partition coefficient (Wildman–Crippen LogP) is 2.47. The highest BCUT2D eigenvalue weighted by Gasteiger charge is 2.10.